The molecule has 4 saturated heterocycles. The molecular formula is C65H136N2O2S. The van der Waals surface area contributed by atoms with Crippen LogP contribution in [0.25, 0.3) is 0 Å². The number of rotatable bonds is 0. The molecule has 0 aromatic carbocycles. The van der Waals surface area contributed by atoms with Crippen molar-refractivity contribution >= 4 is 15.4 Å². The van der Waals surface area contributed by atoms with E-state index < -0.39 is 9.52 Å². The summed E-state index contributed by atoms with van der Waals surface area (Å²) >= 11 is 0. The molecule has 2 N–H and O–H groups in total. The monoisotopic (exact) mass is 1010 g/mol. The molecule has 3 atom stereocenters. The first-order chi connectivity index (χ1) is 32.6. The SMILES string of the molecule is C.C.C=S1(=O)CCC(C)CC1.CC1CCC1.CC1CCCC1.CC1CCCC1.CC1CCCCC1.CC1CCCCC1.CC1CCCCC1.C[C@@H]1CCCNC1.C[C@@H]1CCCNC1.C[C@@H]1CCCOC1. The molecule has 6 saturated carbocycles. The zero-order chi connectivity index (χ0) is 50.1. The Morgan fingerprint density at radius 3 is 0.714 bits per heavy atom. The zero-order valence-corrected chi connectivity index (χ0v) is 49.2. The van der Waals surface area contributed by atoms with Crippen LogP contribution in [-0.4, -0.2) is 61.0 Å². The van der Waals surface area contributed by atoms with Crippen LogP contribution in [0.4, 0.5) is 0 Å². The largest absolute Gasteiger partial charge is 0.381 e. The zero-order valence-electron chi connectivity index (χ0n) is 48.4. The van der Waals surface area contributed by atoms with Crippen molar-refractivity contribution in [1.29, 1.82) is 0 Å². The lowest BCUT2D eigenvalue weighted by atomic mass is 9.88. The fraction of sp³-hybridized carbons (Fsp3) is 0.985. The van der Waals surface area contributed by atoms with Gasteiger partial charge in [-0.25, -0.2) is 0 Å². The first-order valence-corrected chi connectivity index (χ1v) is 33.0. The highest BCUT2D eigenvalue weighted by Gasteiger charge is 2.16. The molecule has 70 heavy (non-hydrogen) atoms. The minimum Gasteiger partial charge on any atom is -0.381 e. The van der Waals surface area contributed by atoms with Gasteiger partial charge < -0.3 is 15.4 Å². The summed E-state index contributed by atoms with van der Waals surface area (Å²) in [5, 5.41) is 6.67. The molecule has 0 radical (unpaired) electrons. The highest BCUT2D eigenvalue weighted by Crippen LogP contribution is 2.26. The maximum absolute atomic E-state index is 11.2. The van der Waals surface area contributed by atoms with Gasteiger partial charge in [0.1, 0.15) is 0 Å². The van der Waals surface area contributed by atoms with E-state index in [1.54, 1.807) is 0 Å². The van der Waals surface area contributed by atoms with Crippen molar-refractivity contribution in [2.24, 2.45) is 59.2 Å². The molecule has 0 bridgehead atoms. The molecule has 0 amide bonds. The second-order valence-corrected chi connectivity index (χ2v) is 28.1. The van der Waals surface area contributed by atoms with E-state index in [0.29, 0.717) is 0 Å². The molecule has 10 rings (SSSR count). The van der Waals surface area contributed by atoms with Crippen LogP contribution >= 0.6 is 0 Å². The van der Waals surface area contributed by atoms with Crippen molar-refractivity contribution in [2.75, 3.05) is 50.9 Å². The van der Waals surface area contributed by atoms with Crippen LogP contribution in [0.2, 0.25) is 0 Å². The van der Waals surface area contributed by atoms with Gasteiger partial charge >= 0.3 is 0 Å². The molecule has 4 aliphatic heterocycles. The Morgan fingerprint density at radius 1 is 0.329 bits per heavy atom. The smallest absolute Gasteiger partial charge is 0.0491 e. The van der Waals surface area contributed by atoms with Gasteiger partial charge in [-0.2, -0.15) is 0 Å². The van der Waals surface area contributed by atoms with Gasteiger partial charge in [-0.1, -0.05) is 251 Å². The second kappa shape index (κ2) is 48.5. The topological polar surface area (TPSA) is 50.4 Å². The first-order valence-electron chi connectivity index (χ1n) is 31.0. The summed E-state index contributed by atoms with van der Waals surface area (Å²) in [5.41, 5.74) is 0. The predicted molar refractivity (Wildman–Crippen MR) is 324 cm³/mol. The van der Waals surface area contributed by atoms with E-state index in [4.69, 9.17) is 4.74 Å². The minimum atomic E-state index is -1.62. The third kappa shape index (κ3) is 47.6. The number of piperidine rings is 2. The van der Waals surface area contributed by atoms with Gasteiger partial charge in [0.05, 0.1) is 0 Å². The molecule has 5 heteroatoms. The molecule has 4 nitrogen and oxygen atoms in total. The fourth-order valence-corrected chi connectivity index (χ4v) is 12.7. The average molecular weight is 1010 g/mol. The third-order valence-corrected chi connectivity index (χ3v) is 18.8. The lowest BCUT2D eigenvalue weighted by Gasteiger charge is -2.20. The van der Waals surface area contributed by atoms with Crippen molar-refractivity contribution in [3.05, 3.63) is 0 Å². The lowest BCUT2D eigenvalue weighted by Crippen LogP contribution is -2.27. The van der Waals surface area contributed by atoms with Crippen molar-refractivity contribution in [1.82, 2.24) is 10.6 Å². The summed E-state index contributed by atoms with van der Waals surface area (Å²) in [6.45, 7) is 30.0. The van der Waals surface area contributed by atoms with Gasteiger partial charge in [0, 0.05) is 24.7 Å². The number of hydrogen-bond acceptors (Lipinski definition) is 4. The van der Waals surface area contributed by atoms with Crippen molar-refractivity contribution in [2.45, 2.75) is 302 Å². The molecule has 0 aromatic heterocycles. The summed E-state index contributed by atoms with van der Waals surface area (Å²) < 4.78 is 16.4. The van der Waals surface area contributed by atoms with Gasteiger partial charge in [-0.3, -0.25) is 4.21 Å². The standard InChI is InChI=1S/C7H14OS.3C7H14.2C6H13N.C6H12O.2C6H12.C5H10.2CH4/c1-7-3-5-9(2,8)6-4-7;3*1-7-5-3-2-4-6-7;3*1-6-3-2-4-7-5-6;2*1-6-4-2-3-5-6;1-5-3-2-4-5;;/h7H,2-6H2,1H3;3*7H,2-6H2,1H3;2*6-7H,2-5H2,1H3;6H,2-5H2,1H3;2*6H,2-5H2,1H3;5H,2-4H2,1H3;2*1H4/t;;;;3*6-;;;;;/m....111...../s1. The van der Waals surface area contributed by atoms with E-state index in [-0.39, 0.29) is 14.9 Å². The van der Waals surface area contributed by atoms with E-state index in [0.717, 1.165) is 96.7 Å². The molecule has 0 aromatic rings. The Kier molecular flexibility index (Phi) is 49.9. The summed E-state index contributed by atoms with van der Waals surface area (Å²) in [6, 6.07) is 0. The molecule has 10 aliphatic rings. The summed E-state index contributed by atoms with van der Waals surface area (Å²) in [6.07, 6.45) is 49.1. The molecule has 0 unspecified atom stereocenters. The number of hydrogen-bond donors (Lipinski definition) is 2. The lowest BCUT2D eigenvalue weighted by molar-refractivity contribution is 0.0616. The summed E-state index contributed by atoms with van der Waals surface area (Å²) in [4.78, 5) is 0. The van der Waals surface area contributed by atoms with Gasteiger partial charge in [-0.05, 0) is 152 Å². The molecule has 4 heterocycles. The molecule has 6 aliphatic carbocycles. The summed E-state index contributed by atoms with van der Waals surface area (Å²) in [7, 11) is -1.62. The van der Waals surface area contributed by atoms with Crippen molar-refractivity contribution in [3.63, 3.8) is 0 Å². The van der Waals surface area contributed by atoms with Crippen LogP contribution in [0, 0.1) is 59.2 Å². The number of nitrogens with one attached hydrogen (secondary N) is 2. The molecular weight excluding hydrogens is 873 g/mol. The van der Waals surface area contributed by atoms with Crippen molar-refractivity contribution < 1.29 is 8.95 Å². The summed E-state index contributed by atoms with van der Waals surface area (Å²) in [5.74, 6) is 15.1. The Bertz CT molecular complexity index is 972. The van der Waals surface area contributed by atoms with E-state index in [9.17, 15) is 4.21 Å². The minimum absolute atomic E-state index is 0. The third-order valence-electron chi connectivity index (χ3n) is 16.8. The maximum atomic E-state index is 11.2. The maximum Gasteiger partial charge on any atom is 0.0491 e. The van der Waals surface area contributed by atoms with E-state index in [2.05, 4.69) is 85.7 Å². The fourth-order valence-electron chi connectivity index (χ4n) is 10.8. The van der Waals surface area contributed by atoms with E-state index in [1.165, 1.54) is 232 Å². The molecule has 10 fully saturated rings. The Labute approximate surface area is 445 Å². The van der Waals surface area contributed by atoms with E-state index >= 15 is 0 Å². The van der Waals surface area contributed by atoms with Gasteiger partial charge in [0.2, 0.25) is 0 Å². The first kappa shape index (κ1) is 72.0. The molecule has 424 valence electrons. The predicted octanol–water partition coefficient (Wildman–Crippen LogP) is 19.8. The Hall–Kier alpha value is -0.100. The van der Waals surface area contributed by atoms with Crippen LogP contribution in [0.3, 0.4) is 0 Å². The van der Waals surface area contributed by atoms with Crippen LogP contribution in [0.15, 0.2) is 0 Å². The van der Waals surface area contributed by atoms with Gasteiger partial charge in [0.25, 0.3) is 0 Å². The Morgan fingerprint density at radius 2 is 0.586 bits per heavy atom. The normalized spacial score (nSPS) is 29.5. The van der Waals surface area contributed by atoms with Crippen LogP contribution < -0.4 is 10.6 Å². The highest BCUT2D eigenvalue weighted by molar-refractivity contribution is 8.00. The highest BCUT2D eigenvalue weighted by atomic mass is 32.2. The van der Waals surface area contributed by atoms with Gasteiger partial charge in [0.15, 0.2) is 0 Å². The van der Waals surface area contributed by atoms with E-state index in [1.807, 2.05) is 0 Å². The second-order valence-electron chi connectivity index (χ2n) is 25.3. The van der Waals surface area contributed by atoms with Crippen LogP contribution in [0.1, 0.15) is 302 Å². The Balaban J connectivity index is 0. The molecule has 0 spiro atoms. The average Bonchev–Trinajstić information content (AvgIpc) is 4.03. The van der Waals surface area contributed by atoms with Gasteiger partial charge in [-0.15, -0.1) is 0 Å². The van der Waals surface area contributed by atoms with Crippen LogP contribution in [0.5, 0.6) is 0 Å². The van der Waals surface area contributed by atoms with Crippen molar-refractivity contribution in [3.8, 4) is 0 Å². The quantitative estimate of drug-likeness (QED) is 0.238. The number of ether oxygens (including phenoxy) is 1. The van der Waals surface area contributed by atoms with Crippen LogP contribution in [-0.2, 0) is 14.3 Å².